The molecule has 128 valence electrons. The Hall–Kier alpha value is -2.43. The standard InChI is InChI=1S/C19H25N3O2/c1-3-4-5-7-10-15(2)20-19(24)17-13-14-18(23)22(21-17)16-11-8-6-9-12-16/h6,8-9,11-15H,3-5,7,10H2,1-2H3,(H,20,24). The average molecular weight is 327 g/mol. The zero-order valence-corrected chi connectivity index (χ0v) is 14.4. The van der Waals surface area contributed by atoms with Gasteiger partial charge >= 0.3 is 0 Å². The second kappa shape index (κ2) is 9.01. The molecule has 2 aromatic rings. The van der Waals surface area contributed by atoms with Crippen LogP contribution in [0.5, 0.6) is 0 Å². The number of nitrogens with one attached hydrogen (secondary N) is 1. The second-order valence-electron chi connectivity index (χ2n) is 6.03. The van der Waals surface area contributed by atoms with Gasteiger partial charge in [0.1, 0.15) is 5.69 Å². The fourth-order valence-electron chi connectivity index (χ4n) is 2.53. The highest BCUT2D eigenvalue weighted by molar-refractivity contribution is 5.92. The molecule has 0 bridgehead atoms. The van der Waals surface area contributed by atoms with E-state index in [1.54, 1.807) is 12.1 Å². The lowest BCUT2D eigenvalue weighted by molar-refractivity contribution is 0.0931. The van der Waals surface area contributed by atoms with Crippen molar-refractivity contribution in [1.29, 1.82) is 0 Å². The van der Waals surface area contributed by atoms with Crippen molar-refractivity contribution in [3.8, 4) is 5.69 Å². The van der Waals surface area contributed by atoms with Gasteiger partial charge in [-0.1, -0.05) is 50.8 Å². The van der Waals surface area contributed by atoms with Crippen LogP contribution in [0, 0.1) is 0 Å². The summed E-state index contributed by atoms with van der Waals surface area (Å²) in [6.07, 6.45) is 5.67. The van der Waals surface area contributed by atoms with Crippen molar-refractivity contribution in [2.24, 2.45) is 0 Å². The molecule has 1 N–H and O–H groups in total. The third kappa shape index (κ3) is 5.05. The predicted octanol–water partition coefficient (Wildman–Crippen LogP) is 3.32. The molecular formula is C19H25N3O2. The summed E-state index contributed by atoms with van der Waals surface area (Å²) < 4.78 is 1.25. The molecule has 1 aromatic heterocycles. The molecule has 0 spiro atoms. The van der Waals surface area contributed by atoms with Gasteiger partial charge in [0.15, 0.2) is 0 Å². The third-order valence-electron chi connectivity index (χ3n) is 3.90. The van der Waals surface area contributed by atoms with Gasteiger partial charge in [-0.3, -0.25) is 9.59 Å². The lowest BCUT2D eigenvalue weighted by Crippen LogP contribution is -2.34. The van der Waals surface area contributed by atoms with Crippen LogP contribution in [0.1, 0.15) is 56.4 Å². The van der Waals surface area contributed by atoms with Gasteiger partial charge in [-0.15, -0.1) is 0 Å². The molecule has 5 heteroatoms. The quantitative estimate of drug-likeness (QED) is 0.757. The average Bonchev–Trinajstić information content (AvgIpc) is 2.60. The fourth-order valence-corrected chi connectivity index (χ4v) is 2.53. The lowest BCUT2D eigenvalue weighted by atomic mass is 10.1. The number of para-hydroxylation sites is 1. The van der Waals surface area contributed by atoms with Crippen molar-refractivity contribution in [3.05, 3.63) is 58.5 Å². The number of carbonyl (C=O) groups is 1. The Morgan fingerprint density at radius 3 is 2.58 bits per heavy atom. The molecule has 0 aliphatic rings. The molecule has 0 aliphatic carbocycles. The van der Waals surface area contributed by atoms with Gasteiger partial charge < -0.3 is 5.32 Å². The van der Waals surface area contributed by atoms with Crippen LogP contribution in [0.15, 0.2) is 47.3 Å². The normalized spacial score (nSPS) is 11.9. The van der Waals surface area contributed by atoms with E-state index in [2.05, 4.69) is 17.3 Å². The van der Waals surface area contributed by atoms with Crippen molar-refractivity contribution in [3.63, 3.8) is 0 Å². The maximum Gasteiger partial charge on any atom is 0.271 e. The minimum Gasteiger partial charge on any atom is -0.348 e. The Kier molecular flexibility index (Phi) is 6.73. The molecule has 1 heterocycles. The number of benzene rings is 1. The molecule has 0 radical (unpaired) electrons. The Labute approximate surface area is 142 Å². The predicted molar refractivity (Wildman–Crippen MR) is 95.5 cm³/mol. The minimum atomic E-state index is -0.259. The van der Waals surface area contributed by atoms with Crippen molar-refractivity contribution in [2.45, 2.75) is 52.0 Å². The first-order chi connectivity index (χ1) is 11.6. The van der Waals surface area contributed by atoms with Crippen molar-refractivity contribution < 1.29 is 4.79 Å². The molecule has 1 atom stereocenters. The number of hydrogen-bond donors (Lipinski definition) is 1. The highest BCUT2D eigenvalue weighted by Gasteiger charge is 2.13. The summed E-state index contributed by atoms with van der Waals surface area (Å²) in [6.45, 7) is 4.18. The van der Waals surface area contributed by atoms with Gasteiger partial charge in [0.2, 0.25) is 0 Å². The van der Waals surface area contributed by atoms with E-state index in [1.165, 1.54) is 36.1 Å². The molecule has 5 nitrogen and oxygen atoms in total. The van der Waals surface area contributed by atoms with Crippen molar-refractivity contribution >= 4 is 5.91 Å². The SMILES string of the molecule is CCCCCCC(C)NC(=O)c1ccc(=O)n(-c2ccccc2)n1. The molecule has 0 fully saturated rings. The largest absolute Gasteiger partial charge is 0.348 e. The molecule has 24 heavy (non-hydrogen) atoms. The smallest absolute Gasteiger partial charge is 0.271 e. The van der Waals surface area contributed by atoms with Crippen LogP contribution in [-0.2, 0) is 0 Å². The molecular weight excluding hydrogens is 302 g/mol. The Balaban J connectivity index is 2.04. The summed E-state index contributed by atoms with van der Waals surface area (Å²) in [6, 6.07) is 12.0. The summed E-state index contributed by atoms with van der Waals surface area (Å²) in [5, 5.41) is 7.15. The first-order valence-electron chi connectivity index (χ1n) is 8.58. The second-order valence-corrected chi connectivity index (χ2v) is 6.03. The third-order valence-corrected chi connectivity index (χ3v) is 3.90. The summed E-state index contributed by atoms with van der Waals surface area (Å²) >= 11 is 0. The number of rotatable bonds is 8. The van der Waals surface area contributed by atoms with Crippen LogP contribution in [0.2, 0.25) is 0 Å². The molecule has 0 aliphatic heterocycles. The summed E-state index contributed by atoms with van der Waals surface area (Å²) in [4.78, 5) is 24.3. The van der Waals surface area contributed by atoms with Crippen molar-refractivity contribution in [1.82, 2.24) is 15.1 Å². The topological polar surface area (TPSA) is 64.0 Å². The first-order valence-corrected chi connectivity index (χ1v) is 8.58. The number of aromatic nitrogens is 2. The number of nitrogens with zero attached hydrogens (tertiary/aromatic N) is 2. The maximum absolute atomic E-state index is 12.3. The van der Waals surface area contributed by atoms with E-state index >= 15 is 0 Å². The van der Waals surface area contributed by atoms with E-state index in [4.69, 9.17) is 0 Å². The van der Waals surface area contributed by atoms with Gasteiger partial charge in [-0.2, -0.15) is 9.78 Å². The molecule has 1 aromatic carbocycles. The van der Waals surface area contributed by atoms with Crippen LogP contribution in [-0.4, -0.2) is 21.7 Å². The van der Waals surface area contributed by atoms with Gasteiger partial charge in [-0.25, -0.2) is 0 Å². The number of carbonyl (C=O) groups excluding carboxylic acids is 1. The summed E-state index contributed by atoms with van der Waals surface area (Å²) in [7, 11) is 0. The Morgan fingerprint density at radius 2 is 1.88 bits per heavy atom. The molecule has 1 unspecified atom stereocenters. The van der Waals surface area contributed by atoms with E-state index in [1.807, 2.05) is 25.1 Å². The molecule has 0 saturated heterocycles. The minimum absolute atomic E-state index is 0.0910. The molecule has 2 rings (SSSR count). The first kappa shape index (κ1) is 17.9. The van der Waals surface area contributed by atoms with Crippen LogP contribution >= 0.6 is 0 Å². The van der Waals surface area contributed by atoms with Crippen LogP contribution < -0.4 is 10.9 Å². The molecule has 1 amide bonds. The molecule has 0 saturated carbocycles. The Morgan fingerprint density at radius 1 is 1.12 bits per heavy atom. The summed E-state index contributed by atoms with van der Waals surface area (Å²) in [5.74, 6) is -0.248. The van der Waals surface area contributed by atoms with Crippen LogP contribution in [0.4, 0.5) is 0 Å². The van der Waals surface area contributed by atoms with Gasteiger partial charge in [-0.05, 0) is 31.5 Å². The van der Waals surface area contributed by atoms with Gasteiger partial charge in [0.25, 0.3) is 11.5 Å². The van der Waals surface area contributed by atoms with Crippen LogP contribution in [0.25, 0.3) is 5.69 Å². The van der Waals surface area contributed by atoms with E-state index in [-0.39, 0.29) is 23.2 Å². The van der Waals surface area contributed by atoms with E-state index in [0.717, 1.165) is 12.8 Å². The number of hydrogen-bond acceptors (Lipinski definition) is 3. The van der Waals surface area contributed by atoms with Gasteiger partial charge in [0, 0.05) is 12.1 Å². The lowest BCUT2D eigenvalue weighted by Gasteiger charge is -2.14. The maximum atomic E-state index is 12.3. The number of unbranched alkanes of at least 4 members (excludes halogenated alkanes) is 3. The number of amides is 1. The Bertz CT molecular complexity index is 710. The van der Waals surface area contributed by atoms with Gasteiger partial charge in [0.05, 0.1) is 5.69 Å². The highest BCUT2D eigenvalue weighted by Crippen LogP contribution is 2.06. The fraction of sp³-hybridized carbons (Fsp3) is 0.421. The summed E-state index contributed by atoms with van der Waals surface area (Å²) in [5.41, 5.74) is 0.633. The van der Waals surface area contributed by atoms with E-state index in [0.29, 0.717) is 5.69 Å². The van der Waals surface area contributed by atoms with Crippen LogP contribution in [0.3, 0.4) is 0 Å². The van der Waals surface area contributed by atoms with E-state index in [9.17, 15) is 9.59 Å². The highest BCUT2D eigenvalue weighted by atomic mass is 16.2. The zero-order valence-electron chi connectivity index (χ0n) is 14.4. The van der Waals surface area contributed by atoms with E-state index < -0.39 is 0 Å². The van der Waals surface area contributed by atoms with Crippen molar-refractivity contribution in [2.75, 3.05) is 0 Å². The monoisotopic (exact) mass is 327 g/mol. The zero-order chi connectivity index (χ0) is 17.4.